The number of rotatable bonds is 2. The Bertz CT molecular complexity index is 844. The first-order valence-electron chi connectivity index (χ1n) is 10.6. The molecular weight excluding hydrogens is 358 g/mol. The molecule has 2 aliphatic carbocycles. The number of hydrogen-bond donors (Lipinski definition) is 1. The maximum absolute atomic E-state index is 12.2. The van der Waals surface area contributed by atoms with Crippen LogP contribution in [0.4, 0.5) is 0 Å². The first-order chi connectivity index (χ1) is 13.5. The van der Waals surface area contributed by atoms with Crippen LogP contribution in [0.3, 0.4) is 0 Å². The Labute approximate surface area is 165 Å². The van der Waals surface area contributed by atoms with Crippen molar-refractivity contribution in [3.05, 3.63) is 23.3 Å². The van der Waals surface area contributed by atoms with Gasteiger partial charge in [0.05, 0.1) is 30.8 Å². The van der Waals surface area contributed by atoms with Crippen LogP contribution in [-0.4, -0.2) is 67.0 Å². The SMILES string of the molecule is CCC1COC2(CCC3(O)[C@H]4Cc5ccc(OC)c6c5[C@@]3(CCN4C)[C@H]2O6)O1. The zero-order valence-electron chi connectivity index (χ0n) is 16.9. The van der Waals surface area contributed by atoms with Crippen molar-refractivity contribution >= 4 is 0 Å². The fraction of sp³-hybridized carbons (Fsp3) is 0.727. The molecule has 0 radical (unpaired) electrons. The molecule has 6 heteroatoms. The fourth-order valence-electron chi connectivity index (χ4n) is 6.91. The topological polar surface area (TPSA) is 60.4 Å². The highest BCUT2D eigenvalue weighted by atomic mass is 16.8. The van der Waals surface area contributed by atoms with Crippen molar-refractivity contribution in [2.45, 2.75) is 74.1 Å². The smallest absolute Gasteiger partial charge is 0.207 e. The Kier molecular flexibility index (Phi) is 3.39. The molecule has 0 amide bonds. The molecule has 6 nitrogen and oxygen atoms in total. The number of hydrogen-bond acceptors (Lipinski definition) is 6. The van der Waals surface area contributed by atoms with Crippen LogP contribution in [0, 0.1) is 0 Å². The number of benzene rings is 1. The summed E-state index contributed by atoms with van der Waals surface area (Å²) in [5.74, 6) is 0.744. The van der Waals surface area contributed by atoms with E-state index in [-0.39, 0.29) is 18.2 Å². The van der Waals surface area contributed by atoms with Gasteiger partial charge in [0.1, 0.15) is 0 Å². The second kappa shape index (κ2) is 5.42. The van der Waals surface area contributed by atoms with Gasteiger partial charge in [-0.05, 0) is 50.9 Å². The van der Waals surface area contributed by atoms with Crippen LogP contribution in [0.2, 0.25) is 0 Å². The van der Waals surface area contributed by atoms with E-state index in [1.807, 2.05) is 6.07 Å². The van der Waals surface area contributed by atoms with E-state index in [4.69, 9.17) is 18.9 Å². The van der Waals surface area contributed by atoms with E-state index in [1.54, 1.807) is 7.11 Å². The summed E-state index contributed by atoms with van der Waals surface area (Å²) < 4.78 is 25.2. The largest absolute Gasteiger partial charge is 0.493 e. The van der Waals surface area contributed by atoms with Crippen LogP contribution in [-0.2, 0) is 21.3 Å². The molecule has 1 N–H and O–H groups in total. The van der Waals surface area contributed by atoms with Gasteiger partial charge in [-0.25, -0.2) is 0 Å². The van der Waals surface area contributed by atoms with E-state index >= 15 is 0 Å². The van der Waals surface area contributed by atoms with E-state index in [2.05, 4.69) is 24.9 Å². The van der Waals surface area contributed by atoms with Crippen LogP contribution >= 0.6 is 0 Å². The standard InChI is InChI=1S/C22H29NO5/c1-4-14-12-26-22(28-14)8-7-21(24)16-11-13-5-6-15(25-3)18-17(13)20(21,19(22)27-18)9-10-23(16)2/h5-6,14,16,19,24H,4,7-12H2,1-3H3/t14?,16-,19-,20+,21?,22?/m1/s1. The molecule has 6 atom stereocenters. The van der Waals surface area contributed by atoms with Gasteiger partial charge in [0.15, 0.2) is 17.6 Å². The molecule has 1 aromatic carbocycles. The number of methoxy groups -OCH3 is 1. The number of nitrogens with zero attached hydrogens (tertiary/aromatic N) is 1. The van der Waals surface area contributed by atoms with Crippen LogP contribution in [0.15, 0.2) is 12.1 Å². The van der Waals surface area contributed by atoms with Gasteiger partial charge < -0.3 is 29.0 Å². The molecule has 0 aromatic heterocycles. The average Bonchev–Trinajstić information content (AvgIpc) is 3.27. The first-order valence-corrected chi connectivity index (χ1v) is 10.6. The summed E-state index contributed by atoms with van der Waals surface area (Å²) in [6, 6.07) is 4.24. The van der Waals surface area contributed by atoms with E-state index < -0.39 is 16.8 Å². The van der Waals surface area contributed by atoms with Gasteiger partial charge in [-0.1, -0.05) is 13.0 Å². The molecule has 2 bridgehead atoms. The Morgan fingerprint density at radius 2 is 2.14 bits per heavy atom. The Morgan fingerprint density at radius 3 is 2.89 bits per heavy atom. The van der Waals surface area contributed by atoms with Crippen LogP contribution in [0.1, 0.15) is 43.7 Å². The molecule has 3 aliphatic heterocycles. The molecule has 3 fully saturated rings. The Balaban J connectivity index is 1.60. The number of piperidine rings is 1. The quantitative estimate of drug-likeness (QED) is 0.838. The van der Waals surface area contributed by atoms with Crippen LogP contribution < -0.4 is 9.47 Å². The maximum Gasteiger partial charge on any atom is 0.207 e. The minimum Gasteiger partial charge on any atom is -0.493 e. The van der Waals surface area contributed by atoms with Gasteiger partial charge >= 0.3 is 0 Å². The van der Waals surface area contributed by atoms with Crippen molar-refractivity contribution in [1.29, 1.82) is 0 Å². The monoisotopic (exact) mass is 387 g/mol. The molecule has 1 saturated carbocycles. The number of likely N-dealkylation sites (N-methyl/N-ethyl adjacent to an activating group) is 1. The van der Waals surface area contributed by atoms with E-state index in [9.17, 15) is 5.11 Å². The Morgan fingerprint density at radius 1 is 1.29 bits per heavy atom. The van der Waals surface area contributed by atoms with Crippen molar-refractivity contribution in [2.75, 3.05) is 27.3 Å². The second-order valence-corrected chi connectivity index (χ2v) is 9.25. The lowest BCUT2D eigenvalue weighted by molar-refractivity contribution is -0.300. The summed E-state index contributed by atoms with van der Waals surface area (Å²) >= 11 is 0. The van der Waals surface area contributed by atoms with Gasteiger partial charge in [-0.15, -0.1) is 0 Å². The van der Waals surface area contributed by atoms with Crippen LogP contribution in [0.25, 0.3) is 0 Å². The second-order valence-electron chi connectivity index (χ2n) is 9.25. The molecule has 152 valence electrons. The Hall–Kier alpha value is -1.34. The molecule has 5 aliphatic rings. The zero-order chi connectivity index (χ0) is 19.3. The molecule has 6 rings (SSSR count). The third-order valence-corrected chi connectivity index (χ3v) is 8.27. The van der Waals surface area contributed by atoms with Gasteiger partial charge in [0.2, 0.25) is 5.79 Å². The maximum atomic E-state index is 12.2. The summed E-state index contributed by atoms with van der Waals surface area (Å²) in [4.78, 5) is 2.33. The molecule has 3 unspecified atom stereocenters. The number of ether oxygens (including phenoxy) is 4. The van der Waals surface area contributed by atoms with E-state index in [1.165, 1.54) is 5.56 Å². The van der Waals surface area contributed by atoms with Crippen molar-refractivity contribution in [2.24, 2.45) is 0 Å². The summed E-state index contributed by atoms with van der Waals surface area (Å²) in [5, 5.41) is 12.2. The first kappa shape index (κ1) is 17.5. The summed E-state index contributed by atoms with van der Waals surface area (Å²) in [5.41, 5.74) is 1.05. The lowest BCUT2D eigenvalue weighted by atomic mass is 9.48. The highest BCUT2D eigenvalue weighted by molar-refractivity contribution is 5.63. The van der Waals surface area contributed by atoms with Gasteiger partial charge in [-0.2, -0.15) is 0 Å². The third-order valence-electron chi connectivity index (χ3n) is 8.27. The van der Waals surface area contributed by atoms with Gasteiger partial charge in [0, 0.05) is 18.0 Å². The molecule has 1 aromatic rings. The highest BCUT2D eigenvalue weighted by Gasteiger charge is 2.77. The molecule has 3 heterocycles. The van der Waals surface area contributed by atoms with Crippen molar-refractivity contribution < 1.29 is 24.1 Å². The number of fused-ring (bicyclic) bond motifs is 1. The zero-order valence-corrected chi connectivity index (χ0v) is 16.9. The van der Waals surface area contributed by atoms with Gasteiger partial charge in [-0.3, -0.25) is 0 Å². The third kappa shape index (κ3) is 1.76. The summed E-state index contributed by atoms with van der Waals surface area (Å²) in [6.07, 6.45) is 3.64. The normalized spacial score (nSPS) is 45.8. The molecule has 2 saturated heterocycles. The van der Waals surface area contributed by atoms with Crippen molar-refractivity contribution in [3.63, 3.8) is 0 Å². The lowest BCUT2D eigenvalue weighted by Crippen LogP contribution is -2.79. The summed E-state index contributed by atoms with van der Waals surface area (Å²) in [7, 11) is 3.81. The molecule has 2 spiro atoms. The summed E-state index contributed by atoms with van der Waals surface area (Å²) in [6.45, 7) is 3.65. The van der Waals surface area contributed by atoms with Crippen molar-refractivity contribution in [1.82, 2.24) is 4.90 Å². The lowest BCUT2D eigenvalue weighted by Gasteiger charge is -2.64. The number of likely N-dealkylation sites (tertiary alicyclic amines) is 1. The average molecular weight is 387 g/mol. The fourth-order valence-corrected chi connectivity index (χ4v) is 6.91. The highest BCUT2D eigenvalue weighted by Crippen LogP contribution is 2.68. The minimum atomic E-state index is -0.850. The minimum absolute atomic E-state index is 0.0833. The van der Waals surface area contributed by atoms with Crippen LogP contribution in [0.5, 0.6) is 11.5 Å². The molecule has 28 heavy (non-hydrogen) atoms. The number of aliphatic hydroxyl groups is 1. The van der Waals surface area contributed by atoms with Crippen molar-refractivity contribution in [3.8, 4) is 11.5 Å². The van der Waals surface area contributed by atoms with Gasteiger partial charge in [0.25, 0.3) is 0 Å². The van der Waals surface area contributed by atoms with E-state index in [0.717, 1.165) is 42.9 Å². The molecular formula is C22H29NO5. The van der Waals surface area contributed by atoms with E-state index in [0.29, 0.717) is 19.4 Å². The predicted octanol–water partition coefficient (Wildman–Crippen LogP) is 2.00. The predicted molar refractivity (Wildman–Crippen MR) is 102 cm³/mol.